The van der Waals surface area contributed by atoms with Crippen molar-refractivity contribution < 1.29 is 8.42 Å². The molecule has 3 nitrogen and oxygen atoms in total. The van der Waals surface area contributed by atoms with E-state index in [1.165, 1.54) is 0 Å². The lowest BCUT2D eigenvalue weighted by atomic mass is 10.0. The summed E-state index contributed by atoms with van der Waals surface area (Å²) >= 11 is 0. The van der Waals surface area contributed by atoms with Gasteiger partial charge < -0.3 is 0 Å². The Hall–Kier alpha value is -0.870. The minimum atomic E-state index is -3.40. The van der Waals surface area contributed by atoms with Gasteiger partial charge in [0.2, 0.25) is 10.0 Å². The fourth-order valence-corrected chi connectivity index (χ4v) is 4.75. The van der Waals surface area contributed by atoms with Crippen molar-refractivity contribution in [3.8, 4) is 0 Å². The third-order valence-electron chi connectivity index (χ3n) is 3.84. The van der Waals surface area contributed by atoms with Gasteiger partial charge in [-0.2, -0.15) is 4.31 Å². The second-order valence-electron chi connectivity index (χ2n) is 5.49. The summed E-state index contributed by atoms with van der Waals surface area (Å²) < 4.78 is 27.6. The van der Waals surface area contributed by atoms with E-state index in [4.69, 9.17) is 0 Å². The highest BCUT2D eigenvalue weighted by atomic mass is 32.2. The normalized spacial score (nSPS) is 12.2. The molecule has 0 unspecified atom stereocenters. The largest absolute Gasteiger partial charge is 0.243 e. The molecule has 0 aromatic heterocycles. The molecule has 0 atom stereocenters. The molecule has 0 saturated carbocycles. The maximum atomic E-state index is 13.0. The summed E-state index contributed by atoms with van der Waals surface area (Å²) in [7, 11) is -3.40. The SMILES string of the molecule is CCCN(CCC)S(=O)(=O)c1c(C)c(C)cc(C)c1C. The zero-order valence-electron chi connectivity index (χ0n) is 13.6. The predicted molar refractivity (Wildman–Crippen MR) is 84.7 cm³/mol. The first-order valence-electron chi connectivity index (χ1n) is 7.34. The molecule has 114 valence electrons. The van der Waals surface area contributed by atoms with Crippen LogP contribution in [0.1, 0.15) is 48.9 Å². The lowest BCUT2D eigenvalue weighted by Gasteiger charge is -2.24. The molecular weight excluding hydrogens is 270 g/mol. The van der Waals surface area contributed by atoms with Crippen molar-refractivity contribution in [3.63, 3.8) is 0 Å². The Balaban J connectivity index is 3.48. The topological polar surface area (TPSA) is 37.4 Å². The van der Waals surface area contributed by atoms with Crippen LogP contribution in [-0.2, 0) is 10.0 Å². The van der Waals surface area contributed by atoms with E-state index >= 15 is 0 Å². The molecule has 0 saturated heterocycles. The average Bonchev–Trinajstić information content (AvgIpc) is 2.36. The third kappa shape index (κ3) is 3.23. The molecule has 20 heavy (non-hydrogen) atoms. The van der Waals surface area contributed by atoms with Crippen LogP contribution in [-0.4, -0.2) is 25.8 Å². The molecule has 0 aliphatic rings. The first-order valence-corrected chi connectivity index (χ1v) is 8.78. The van der Waals surface area contributed by atoms with Crippen LogP contribution in [0.4, 0.5) is 0 Å². The molecule has 1 rings (SSSR count). The van der Waals surface area contributed by atoms with E-state index in [-0.39, 0.29) is 0 Å². The van der Waals surface area contributed by atoms with Crippen LogP contribution >= 0.6 is 0 Å². The van der Waals surface area contributed by atoms with Crippen LogP contribution in [0.3, 0.4) is 0 Å². The molecule has 0 spiro atoms. The van der Waals surface area contributed by atoms with Crippen LogP contribution < -0.4 is 0 Å². The molecule has 4 heteroatoms. The van der Waals surface area contributed by atoms with Gasteiger partial charge in [-0.3, -0.25) is 0 Å². The Bertz CT molecular complexity index is 544. The minimum absolute atomic E-state index is 0.511. The molecule has 0 aliphatic carbocycles. The highest BCUT2D eigenvalue weighted by Crippen LogP contribution is 2.28. The third-order valence-corrected chi connectivity index (χ3v) is 6.01. The molecule has 0 aliphatic heterocycles. The first-order chi connectivity index (χ1) is 9.27. The van der Waals surface area contributed by atoms with Gasteiger partial charge in [0.1, 0.15) is 0 Å². The lowest BCUT2D eigenvalue weighted by molar-refractivity contribution is 0.409. The number of rotatable bonds is 6. The molecule has 0 amide bonds. The number of sulfonamides is 1. The van der Waals surface area contributed by atoms with Gasteiger partial charge in [0.25, 0.3) is 0 Å². The minimum Gasteiger partial charge on any atom is -0.207 e. The van der Waals surface area contributed by atoms with Gasteiger partial charge in [-0.15, -0.1) is 0 Å². The number of nitrogens with zero attached hydrogens (tertiary/aromatic N) is 1. The highest BCUT2D eigenvalue weighted by molar-refractivity contribution is 7.89. The summed E-state index contributed by atoms with van der Waals surface area (Å²) in [5, 5.41) is 0. The van der Waals surface area contributed by atoms with E-state index in [1.54, 1.807) is 4.31 Å². The van der Waals surface area contributed by atoms with Crippen molar-refractivity contribution >= 4 is 10.0 Å². The second kappa shape index (κ2) is 6.72. The maximum absolute atomic E-state index is 13.0. The van der Waals surface area contributed by atoms with Gasteiger partial charge >= 0.3 is 0 Å². The lowest BCUT2D eigenvalue weighted by Crippen LogP contribution is -2.33. The zero-order chi connectivity index (χ0) is 15.5. The number of hydrogen-bond donors (Lipinski definition) is 0. The van der Waals surface area contributed by atoms with E-state index in [9.17, 15) is 8.42 Å². The van der Waals surface area contributed by atoms with Crippen LogP contribution in [0.2, 0.25) is 0 Å². The summed E-state index contributed by atoms with van der Waals surface area (Å²) in [6.45, 7) is 13.0. The number of aryl methyl sites for hydroxylation is 2. The Kier molecular flexibility index (Phi) is 5.78. The fourth-order valence-electron chi connectivity index (χ4n) is 2.55. The summed E-state index contributed by atoms with van der Waals surface area (Å²) in [5.74, 6) is 0. The van der Waals surface area contributed by atoms with Gasteiger partial charge in [-0.05, 0) is 62.8 Å². The number of benzene rings is 1. The van der Waals surface area contributed by atoms with Gasteiger partial charge in [0, 0.05) is 13.1 Å². The van der Waals surface area contributed by atoms with Crippen molar-refractivity contribution in [2.45, 2.75) is 59.3 Å². The molecule has 0 heterocycles. The Morgan fingerprint density at radius 1 is 0.900 bits per heavy atom. The summed E-state index contributed by atoms with van der Waals surface area (Å²) in [6.07, 6.45) is 1.67. The van der Waals surface area contributed by atoms with E-state index < -0.39 is 10.0 Å². The molecule has 0 radical (unpaired) electrons. The molecule has 0 bridgehead atoms. The van der Waals surface area contributed by atoms with Gasteiger partial charge in [-0.1, -0.05) is 19.9 Å². The Morgan fingerprint density at radius 3 is 1.65 bits per heavy atom. The number of hydrogen-bond acceptors (Lipinski definition) is 2. The van der Waals surface area contributed by atoms with Gasteiger partial charge in [-0.25, -0.2) is 8.42 Å². The van der Waals surface area contributed by atoms with Gasteiger partial charge in [0.15, 0.2) is 0 Å². The molecule has 0 N–H and O–H groups in total. The molecular formula is C16H27NO2S. The Labute approximate surface area is 124 Å². The maximum Gasteiger partial charge on any atom is 0.243 e. The summed E-state index contributed by atoms with van der Waals surface area (Å²) in [5.41, 5.74) is 3.84. The second-order valence-corrected chi connectivity index (χ2v) is 7.37. The van der Waals surface area contributed by atoms with Crippen LogP contribution in [0.15, 0.2) is 11.0 Å². The van der Waals surface area contributed by atoms with Crippen LogP contribution in [0.5, 0.6) is 0 Å². The summed E-state index contributed by atoms with van der Waals surface area (Å²) in [4.78, 5) is 0.511. The van der Waals surface area contributed by atoms with E-state index in [2.05, 4.69) is 6.07 Å². The van der Waals surface area contributed by atoms with E-state index in [1.807, 2.05) is 41.5 Å². The quantitative estimate of drug-likeness (QED) is 0.802. The molecule has 0 fully saturated rings. The van der Waals surface area contributed by atoms with Crippen molar-refractivity contribution in [1.29, 1.82) is 0 Å². The fraction of sp³-hybridized carbons (Fsp3) is 0.625. The zero-order valence-corrected chi connectivity index (χ0v) is 14.4. The van der Waals surface area contributed by atoms with E-state index in [0.29, 0.717) is 18.0 Å². The monoisotopic (exact) mass is 297 g/mol. The van der Waals surface area contributed by atoms with Crippen molar-refractivity contribution in [2.24, 2.45) is 0 Å². The van der Waals surface area contributed by atoms with E-state index in [0.717, 1.165) is 35.1 Å². The van der Waals surface area contributed by atoms with Crippen molar-refractivity contribution in [1.82, 2.24) is 4.31 Å². The smallest absolute Gasteiger partial charge is 0.207 e. The average molecular weight is 297 g/mol. The van der Waals surface area contributed by atoms with Crippen LogP contribution in [0.25, 0.3) is 0 Å². The standard InChI is InChI=1S/C16H27NO2S/c1-7-9-17(10-8-2)20(18,19)16-14(5)12(3)11-13(4)15(16)6/h11H,7-10H2,1-6H3. The Morgan fingerprint density at radius 2 is 1.30 bits per heavy atom. The molecule has 1 aromatic carbocycles. The van der Waals surface area contributed by atoms with Gasteiger partial charge in [0.05, 0.1) is 4.90 Å². The van der Waals surface area contributed by atoms with Crippen molar-refractivity contribution in [3.05, 3.63) is 28.3 Å². The van der Waals surface area contributed by atoms with Crippen LogP contribution in [0, 0.1) is 27.7 Å². The highest BCUT2D eigenvalue weighted by Gasteiger charge is 2.27. The molecule has 1 aromatic rings. The van der Waals surface area contributed by atoms with Crippen molar-refractivity contribution in [2.75, 3.05) is 13.1 Å². The summed E-state index contributed by atoms with van der Waals surface area (Å²) in [6, 6.07) is 2.06. The first kappa shape index (κ1) is 17.2. The predicted octanol–water partition coefficient (Wildman–Crippen LogP) is 3.73.